The minimum atomic E-state index is -2.18. The Morgan fingerprint density at radius 1 is 0.850 bits per heavy atom. The lowest BCUT2D eigenvalue weighted by molar-refractivity contribution is 0.492. The van der Waals surface area contributed by atoms with Crippen LogP contribution in [0.2, 0.25) is 0 Å². The Morgan fingerprint density at radius 3 is 1.80 bits per heavy atom. The lowest BCUT2D eigenvalue weighted by Gasteiger charge is -2.22. The van der Waals surface area contributed by atoms with Gasteiger partial charge in [-0.3, -0.25) is 4.57 Å². The summed E-state index contributed by atoms with van der Waals surface area (Å²) in [6, 6.07) is 1.22. The van der Waals surface area contributed by atoms with Crippen LogP contribution in [-0.2, 0) is 4.57 Å². The van der Waals surface area contributed by atoms with E-state index in [2.05, 4.69) is 30.1 Å². The van der Waals surface area contributed by atoms with E-state index < -0.39 is 7.44 Å². The Labute approximate surface area is 125 Å². The van der Waals surface area contributed by atoms with E-state index in [4.69, 9.17) is 0 Å². The predicted octanol–water partition coefficient (Wildman–Crippen LogP) is 4.73. The molecule has 0 N–H and O–H groups in total. The summed E-state index contributed by atoms with van der Waals surface area (Å²) in [7, 11) is -2.18. The van der Waals surface area contributed by atoms with Crippen molar-refractivity contribution in [3.63, 3.8) is 0 Å². The van der Waals surface area contributed by atoms with E-state index in [1.54, 1.807) is 0 Å². The zero-order valence-corrected chi connectivity index (χ0v) is 14.6. The van der Waals surface area contributed by atoms with E-state index in [1.165, 1.54) is 32.1 Å². The van der Waals surface area contributed by atoms with Gasteiger partial charge in [0.25, 0.3) is 0 Å². The highest BCUT2D eigenvalue weighted by molar-refractivity contribution is 7.59. The summed E-state index contributed by atoms with van der Waals surface area (Å²) < 4.78 is 18.1. The maximum Gasteiger partial charge on any atom is 0.217 e. The molecule has 2 aliphatic heterocycles. The normalized spacial score (nSPS) is 34.8. The molecule has 2 saturated heterocycles. The third-order valence-corrected chi connectivity index (χ3v) is 8.40. The van der Waals surface area contributed by atoms with E-state index in [1.807, 2.05) is 0 Å². The van der Waals surface area contributed by atoms with Crippen LogP contribution in [0.4, 0.5) is 0 Å². The van der Waals surface area contributed by atoms with Crippen LogP contribution >= 0.6 is 7.44 Å². The molecule has 0 spiro atoms. The zero-order valence-electron chi connectivity index (χ0n) is 13.7. The molecule has 0 aromatic rings. The van der Waals surface area contributed by atoms with Crippen molar-refractivity contribution in [1.29, 1.82) is 0 Å². The van der Waals surface area contributed by atoms with Gasteiger partial charge in [0.15, 0.2) is 0 Å². The van der Waals surface area contributed by atoms with E-state index >= 15 is 0 Å². The average Bonchev–Trinajstić information content (AvgIpc) is 3.35. The zero-order chi connectivity index (χ0) is 14.6. The van der Waals surface area contributed by atoms with Crippen LogP contribution in [0.1, 0.15) is 72.1 Å². The van der Waals surface area contributed by atoms with Crippen molar-refractivity contribution in [1.82, 2.24) is 9.34 Å². The molecule has 3 unspecified atom stereocenters. The minimum Gasteiger partial charge on any atom is -0.289 e. The molecule has 0 aromatic heterocycles. The minimum absolute atomic E-state index is 0.610. The Bertz CT molecular complexity index is 325. The van der Waals surface area contributed by atoms with Gasteiger partial charge in [-0.2, -0.15) is 0 Å². The molecule has 2 aliphatic rings. The molecule has 2 rings (SSSR count). The van der Waals surface area contributed by atoms with Crippen molar-refractivity contribution < 1.29 is 4.57 Å². The summed E-state index contributed by atoms with van der Waals surface area (Å²) in [6.07, 6.45) is 11.0. The third-order valence-electron chi connectivity index (χ3n) is 4.92. The lowest BCUT2D eigenvalue weighted by atomic mass is 10.1. The number of unbranched alkanes of at least 4 members (excludes halogenated alkanes) is 5. The predicted molar refractivity (Wildman–Crippen MR) is 87.4 cm³/mol. The summed E-state index contributed by atoms with van der Waals surface area (Å²) in [5.74, 6) is 0. The van der Waals surface area contributed by atoms with Gasteiger partial charge in [-0.1, -0.05) is 52.9 Å². The fourth-order valence-corrected chi connectivity index (χ4v) is 6.96. The van der Waals surface area contributed by atoms with Crippen LogP contribution < -0.4 is 0 Å². The second-order valence-electron chi connectivity index (χ2n) is 6.52. The molecule has 0 bridgehead atoms. The molecule has 118 valence electrons. The van der Waals surface area contributed by atoms with Gasteiger partial charge in [-0.25, -0.2) is 9.34 Å². The quantitative estimate of drug-likeness (QED) is 0.313. The van der Waals surface area contributed by atoms with Gasteiger partial charge in [0.2, 0.25) is 7.44 Å². The molecule has 2 heterocycles. The van der Waals surface area contributed by atoms with Crippen LogP contribution in [0, 0.1) is 0 Å². The van der Waals surface area contributed by atoms with Crippen molar-refractivity contribution in [3.8, 4) is 0 Å². The van der Waals surface area contributed by atoms with Crippen LogP contribution in [0.25, 0.3) is 0 Å². The molecule has 0 aromatic carbocycles. The summed E-state index contributed by atoms with van der Waals surface area (Å²) in [5, 5.41) is 0. The molecule has 0 radical (unpaired) electrons. The molecule has 20 heavy (non-hydrogen) atoms. The standard InChI is InChI=1S/C16H33N2OP/c1-4-7-8-9-10-11-12-20(19,17-13-15(17)5-2)18-14-16(18)6-3/h15-16H,4-14H2,1-3H3/t15-,16+,17?,18?,20?. The van der Waals surface area contributed by atoms with Crippen LogP contribution in [-0.4, -0.2) is 40.7 Å². The number of hydrogen-bond donors (Lipinski definition) is 0. The molecule has 5 atom stereocenters. The van der Waals surface area contributed by atoms with E-state index in [0.717, 1.165) is 38.5 Å². The SMILES string of the molecule is CCCCCCCCP(=O)(N1C[C@H]1CC)N1C[C@@H]1CC. The third kappa shape index (κ3) is 3.87. The van der Waals surface area contributed by atoms with Crippen molar-refractivity contribution in [2.75, 3.05) is 19.3 Å². The number of hydrogen-bond acceptors (Lipinski definition) is 1. The fourth-order valence-electron chi connectivity index (χ4n) is 3.29. The van der Waals surface area contributed by atoms with Gasteiger partial charge in [-0.15, -0.1) is 0 Å². The highest BCUT2D eigenvalue weighted by atomic mass is 31.2. The summed E-state index contributed by atoms with van der Waals surface area (Å²) in [6.45, 7) is 8.86. The lowest BCUT2D eigenvalue weighted by Crippen LogP contribution is -2.12. The molecule has 0 amide bonds. The molecule has 0 saturated carbocycles. The first-order chi connectivity index (χ1) is 9.67. The van der Waals surface area contributed by atoms with E-state index in [0.29, 0.717) is 12.1 Å². The van der Waals surface area contributed by atoms with Crippen molar-refractivity contribution in [2.24, 2.45) is 0 Å². The van der Waals surface area contributed by atoms with Crippen LogP contribution in [0.3, 0.4) is 0 Å². The second kappa shape index (κ2) is 7.42. The summed E-state index contributed by atoms with van der Waals surface area (Å²) in [4.78, 5) is 0. The van der Waals surface area contributed by atoms with Crippen molar-refractivity contribution in [2.45, 2.75) is 84.2 Å². The first kappa shape index (κ1) is 16.5. The Morgan fingerprint density at radius 2 is 1.35 bits per heavy atom. The molecule has 2 fully saturated rings. The van der Waals surface area contributed by atoms with Crippen molar-refractivity contribution in [3.05, 3.63) is 0 Å². The first-order valence-corrected chi connectivity index (χ1v) is 10.6. The van der Waals surface area contributed by atoms with E-state index in [9.17, 15) is 4.57 Å². The summed E-state index contributed by atoms with van der Waals surface area (Å²) >= 11 is 0. The Kier molecular flexibility index (Phi) is 6.13. The number of nitrogens with zero attached hydrogens (tertiary/aromatic N) is 2. The highest BCUT2D eigenvalue weighted by Crippen LogP contribution is 2.65. The average molecular weight is 300 g/mol. The molecule has 0 aliphatic carbocycles. The van der Waals surface area contributed by atoms with Gasteiger partial charge < -0.3 is 0 Å². The summed E-state index contributed by atoms with van der Waals surface area (Å²) in [5.41, 5.74) is 0. The van der Waals surface area contributed by atoms with Crippen molar-refractivity contribution >= 4 is 7.44 Å². The number of rotatable bonds is 11. The van der Waals surface area contributed by atoms with E-state index in [-0.39, 0.29) is 0 Å². The second-order valence-corrected chi connectivity index (χ2v) is 9.33. The van der Waals surface area contributed by atoms with Gasteiger partial charge >= 0.3 is 0 Å². The largest absolute Gasteiger partial charge is 0.289 e. The van der Waals surface area contributed by atoms with Crippen LogP contribution in [0.15, 0.2) is 0 Å². The van der Waals surface area contributed by atoms with Gasteiger partial charge in [-0.05, 0) is 19.3 Å². The highest BCUT2D eigenvalue weighted by Gasteiger charge is 2.55. The van der Waals surface area contributed by atoms with Crippen LogP contribution in [0.5, 0.6) is 0 Å². The fraction of sp³-hybridized carbons (Fsp3) is 1.00. The molecular weight excluding hydrogens is 267 g/mol. The molecule has 4 heteroatoms. The first-order valence-electron chi connectivity index (χ1n) is 8.80. The molecule has 3 nitrogen and oxygen atoms in total. The smallest absolute Gasteiger partial charge is 0.217 e. The van der Waals surface area contributed by atoms with Gasteiger partial charge in [0.05, 0.1) is 0 Å². The Balaban J connectivity index is 1.77. The maximum atomic E-state index is 13.4. The monoisotopic (exact) mass is 300 g/mol. The molecular formula is C16H33N2OP. The maximum absolute atomic E-state index is 13.4. The van der Waals surface area contributed by atoms with Gasteiger partial charge in [0.1, 0.15) is 0 Å². The van der Waals surface area contributed by atoms with Gasteiger partial charge in [0, 0.05) is 31.3 Å². The Hall–Kier alpha value is 0.150. The topological polar surface area (TPSA) is 23.1 Å².